The van der Waals surface area contributed by atoms with Crippen LogP contribution in [0.15, 0.2) is 30.6 Å². The molecule has 0 amide bonds. The molecule has 0 spiro atoms. The molecule has 0 fully saturated rings. The number of fused-ring (bicyclic) bond motifs is 1. The third-order valence-corrected chi connectivity index (χ3v) is 4.18. The largest absolute Gasteiger partial charge is 0.398 e. The van der Waals surface area contributed by atoms with Crippen LogP contribution in [0.25, 0.3) is 0 Å². The zero-order valence-corrected chi connectivity index (χ0v) is 12.5. The maximum Gasteiger partial charge on any atom is 0.135 e. The molecule has 2 aromatic rings. The van der Waals surface area contributed by atoms with E-state index in [1.165, 1.54) is 30.5 Å². The van der Waals surface area contributed by atoms with Gasteiger partial charge in [0.25, 0.3) is 0 Å². The lowest BCUT2D eigenvalue weighted by molar-refractivity contribution is 0.708. The summed E-state index contributed by atoms with van der Waals surface area (Å²) >= 11 is 0. The molecule has 1 heterocycles. The molecule has 2 N–H and O–H groups in total. The molecule has 21 heavy (non-hydrogen) atoms. The predicted octanol–water partition coefficient (Wildman–Crippen LogP) is 2.96. The second-order valence-corrected chi connectivity index (χ2v) is 5.74. The molecule has 4 heteroatoms. The van der Waals surface area contributed by atoms with E-state index in [-0.39, 0.29) is 0 Å². The maximum absolute atomic E-state index is 6.05. The van der Waals surface area contributed by atoms with Crippen molar-refractivity contribution >= 4 is 11.5 Å². The number of hydrogen-bond donors (Lipinski definition) is 1. The molecule has 1 aliphatic rings. The summed E-state index contributed by atoms with van der Waals surface area (Å²) in [5, 5.41) is 0. The van der Waals surface area contributed by atoms with E-state index in [1.807, 2.05) is 18.2 Å². The third kappa shape index (κ3) is 2.99. The van der Waals surface area contributed by atoms with E-state index in [1.54, 1.807) is 6.33 Å². The minimum absolute atomic E-state index is 0.774. The topological polar surface area (TPSA) is 55.0 Å². The van der Waals surface area contributed by atoms with Crippen molar-refractivity contribution in [1.29, 1.82) is 0 Å². The van der Waals surface area contributed by atoms with E-state index < -0.39 is 0 Å². The van der Waals surface area contributed by atoms with Gasteiger partial charge in [0.2, 0.25) is 0 Å². The van der Waals surface area contributed by atoms with Crippen molar-refractivity contribution in [2.75, 3.05) is 17.7 Å². The predicted molar refractivity (Wildman–Crippen MR) is 86.3 cm³/mol. The van der Waals surface area contributed by atoms with Crippen molar-refractivity contribution < 1.29 is 0 Å². The van der Waals surface area contributed by atoms with Gasteiger partial charge in [0.15, 0.2) is 0 Å². The number of para-hydroxylation sites is 1. The average molecular weight is 282 g/mol. The smallest absolute Gasteiger partial charge is 0.135 e. The minimum atomic E-state index is 0.774. The molecule has 0 saturated carbocycles. The fraction of sp³-hybridized carbons (Fsp3) is 0.412. The fourth-order valence-electron chi connectivity index (χ4n) is 3.02. The summed E-state index contributed by atoms with van der Waals surface area (Å²) in [6, 6.07) is 8.02. The Balaban J connectivity index is 1.88. The Morgan fingerprint density at radius 3 is 2.76 bits per heavy atom. The summed E-state index contributed by atoms with van der Waals surface area (Å²) in [6.07, 6.45) is 7.61. The zero-order valence-electron chi connectivity index (χ0n) is 12.5. The number of nitrogens with two attached hydrogens (primary N) is 1. The van der Waals surface area contributed by atoms with Crippen LogP contribution in [-0.4, -0.2) is 17.0 Å². The monoisotopic (exact) mass is 282 g/mol. The highest BCUT2D eigenvalue weighted by molar-refractivity contribution is 5.52. The fourth-order valence-corrected chi connectivity index (χ4v) is 3.02. The molecular formula is C17H22N4. The van der Waals surface area contributed by atoms with Crippen LogP contribution in [0.2, 0.25) is 0 Å². The van der Waals surface area contributed by atoms with E-state index in [0.717, 1.165) is 36.5 Å². The van der Waals surface area contributed by atoms with Gasteiger partial charge in [0, 0.05) is 30.5 Å². The van der Waals surface area contributed by atoms with E-state index >= 15 is 0 Å². The summed E-state index contributed by atoms with van der Waals surface area (Å²) in [6.45, 7) is 0.774. The van der Waals surface area contributed by atoms with Gasteiger partial charge in [-0.25, -0.2) is 9.97 Å². The van der Waals surface area contributed by atoms with Gasteiger partial charge in [-0.3, -0.25) is 0 Å². The van der Waals surface area contributed by atoms with Gasteiger partial charge in [-0.15, -0.1) is 0 Å². The summed E-state index contributed by atoms with van der Waals surface area (Å²) in [5.41, 5.74) is 10.6. The Bertz CT molecular complexity index is 624. The normalized spacial score (nSPS) is 14.3. The van der Waals surface area contributed by atoms with Crippen molar-refractivity contribution in [3.8, 4) is 0 Å². The number of aryl methyl sites for hydroxylation is 1. The van der Waals surface area contributed by atoms with Crippen molar-refractivity contribution in [1.82, 2.24) is 9.97 Å². The van der Waals surface area contributed by atoms with Gasteiger partial charge in [0.1, 0.15) is 12.1 Å². The number of hydrogen-bond acceptors (Lipinski definition) is 4. The third-order valence-electron chi connectivity index (χ3n) is 4.18. The lowest BCUT2D eigenvalue weighted by Crippen LogP contribution is -2.21. The van der Waals surface area contributed by atoms with Crippen molar-refractivity contribution in [2.24, 2.45) is 0 Å². The Morgan fingerprint density at radius 1 is 1.10 bits per heavy atom. The van der Waals surface area contributed by atoms with Gasteiger partial charge < -0.3 is 10.6 Å². The van der Waals surface area contributed by atoms with Crippen LogP contribution in [0.5, 0.6) is 0 Å². The molecule has 1 aromatic heterocycles. The second kappa shape index (κ2) is 6.12. The quantitative estimate of drug-likeness (QED) is 0.694. The molecular weight excluding hydrogens is 260 g/mol. The Labute approximate surface area is 126 Å². The lowest BCUT2D eigenvalue weighted by Gasteiger charge is -2.22. The summed E-state index contributed by atoms with van der Waals surface area (Å²) in [4.78, 5) is 11.2. The first-order chi connectivity index (χ1) is 10.3. The number of rotatable bonds is 3. The maximum atomic E-state index is 6.05. The van der Waals surface area contributed by atoms with Crippen LogP contribution in [0.4, 0.5) is 11.5 Å². The van der Waals surface area contributed by atoms with Crippen LogP contribution in [-0.2, 0) is 19.4 Å². The molecule has 110 valence electrons. The second-order valence-electron chi connectivity index (χ2n) is 5.74. The molecule has 0 radical (unpaired) electrons. The molecule has 0 unspecified atom stereocenters. The minimum Gasteiger partial charge on any atom is -0.398 e. The summed E-state index contributed by atoms with van der Waals surface area (Å²) in [5.74, 6) is 1.06. The number of benzene rings is 1. The average Bonchev–Trinajstić information content (AvgIpc) is 2.74. The number of nitrogens with zero attached hydrogens (tertiary/aromatic N) is 3. The number of anilines is 2. The van der Waals surface area contributed by atoms with Gasteiger partial charge in [-0.05, 0) is 37.3 Å². The van der Waals surface area contributed by atoms with Gasteiger partial charge in [-0.1, -0.05) is 24.6 Å². The molecule has 1 aliphatic carbocycles. The van der Waals surface area contributed by atoms with Crippen molar-refractivity contribution in [2.45, 2.75) is 38.6 Å². The van der Waals surface area contributed by atoms with Crippen LogP contribution >= 0.6 is 0 Å². The molecule has 0 bridgehead atoms. The molecule has 3 rings (SSSR count). The SMILES string of the molecule is CN(Cc1ccccc1N)c1ncnc2c1CCCCC2. The van der Waals surface area contributed by atoms with Gasteiger partial charge >= 0.3 is 0 Å². The first-order valence-electron chi connectivity index (χ1n) is 7.63. The van der Waals surface area contributed by atoms with Crippen LogP contribution in [0, 0.1) is 0 Å². The van der Waals surface area contributed by atoms with E-state index in [0.29, 0.717) is 0 Å². The van der Waals surface area contributed by atoms with E-state index in [9.17, 15) is 0 Å². The first kappa shape index (κ1) is 13.9. The van der Waals surface area contributed by atoms with Crippen molar-refractivity contribution in [3.63, 3.8) is 0 Å². The lowest BCUT2D eigenvalue weighted by atomic mass is 10.1. The summed E-state index contributed by atoms with van der Waals surface area (Å²) < 4.78 is 0. The Kier molecular flexibility index (Phi) is 4.04. The van der Waals surface area contributed by atoms with E-state index in [4.69, 9.17) is 5.73 Å². The molecule has 1 aromatic carbocycles. The summed E-state index contributed by atoms with van der Waals surface area (Å²) in [7, 11) is 2.08. The molecule has 0 aliphatic heterocycles. The van der Waals surface area contributed by atoms with E-state index in [2.05, 4.69) is 28.0 Å². The molecule has 4 nitrogen and oxygen atoms in total. The molecule has 0 atom stereocenters. The zero-order chi connectivity index (χ0) is 14.7. The highest BCUT2D eigenvalue weighted by Gasteiger charge is 2.17. The standard InChI is InChI=1S/C17H22N4/c1-21(11-13-7-5-6-9-15(13)18)17-14-8-3-2-4-10-16(14)19-12-20-17/h5-7,9,12H,2-4,8,10-11,18H2,1H3. The highest BCUT2D eigenvalue weighted by atomic mass is 15.2. The highest BCUT2D eigenvalue weighted by Crippen LogP contribution is 2.27. The number of nitrogen functional groups attached to an aromatic ring is 1. The van der Waals surface area contributed by atoms with Gasteiger partial charge in [0.05, 0.1) is 0 Å². The Morgan fingerprint density at radius 2 is 1.90 bits per heavy atom. The van der Waals surface area contributed by atoms with Crippen LogP contribution in [0.1, 0.15) is 36.1 Å². The Hall–Kier alpha value is -2.10. The van der Waals surface area contributed by atoms with Gasteiger partial charge in [-0.2, -0.15) is 0 Å². The van der Waals surface area contributed by atoms with Crippen LogP contribution < -0.4 is 10.6 Å². The number of aromatic nitrogens is 2. The first-order valence-corrected chi connectivity index (χ1v) is 7.63. The molecule has 0 saturated heterocycles. The van der Waals surface area contributed by atoms with Crippen molar-refractivity contribution in [3.05, 3.63) is 47.4 Å². The van der Waals surface area contributed by atoms with Crippen LogP contribution in [0.3, 0.4) is 0 Å².